The average Bonchev–Trinajstić information content (AvgIpc) is 2.46. The Kier molecular flexibility index (Phi) is 4.42. The number of likely N-dealkylation sites (tertiary alicyclic amines) is 1. The van der Waals surface area contributed by atoms with Crippen LogP contribution < -0.4 is 10.8 Å². The monoisotopic (exact) mass is 279 g/mol. The molecule has 0 aromatic rings. The van der Waals surface area contributed by atoms with Crippen molar-refractivity contribution in [1.82, 2.24) is 4.90 Å². The SMILES string of the molecule is NC(=O)C1CCN(C(=O)[C@H]2CC=CC[C@@H]2C(=O)[O-])CC1. The first-order valence-electron chi connectivity index (χ1n) is 6.94. The fraction of sp³-hybridized carbons (Fsp3) is 0.643. The van der Waals surface area contributed by atoms with Crippen LogP contribution in [0.15, 0.2) is 12.2 Å². The lowest BCUT2D eigenvalue weighted by atomic mass is 9.81. The summed E-state index contributed by atoms with van der Waals surface area (Å²) in [4.78, 5) is 36.3. The van der Waals surface area contributed by atoms with E-state index in [0.717, 1.165) is 0 Å². The molecule has 0 spiro atoms. The molecule has 2 aliphatic rings. The van der Waals surface area contributed by atoms with Crippen molar-refractivity contribution in [3.8, 4) is 0 Å². The Bertz CT molecular complexity index is 438. The summed E-state index contributed by atoms with van der Waals surface area (Å²) >= 11 is 0. The Morgan fingerprint density at radius 1 is 1.05 bits per heavy atom. The van der Waals surface area contributed by atoms with E-state index in [1.54, 1.807) is 11.0 Å². The molecule has 0 aromatic heterocycles. The van der Waals surface area contributed by atoms with Gasteiger partial charge in [-0.2, -0.15) is 0 Å². The smallest absolute Gasteiger partial charge is 0.226 e. The Labute approximate surface area is 117 Å². The van der Waals surface area contributed by atoms with Crippen LogP contribution in [0.5, 0.6) is 0 Å². The van der Waals surface area contributed by atoms with E-state index in [1.807, 2.05) is 6.08 Å². The van der Waals surface area contributed by atoms with E-state index in [0.29, 0.717) is 38.8 Å². The molecule has 1 aliphatic carbocycles. The maximum Gasteiger partial charge on any atom is 0.226 e. The highest BCUT2D eigenvalue weighted by Gasteiger charge is 2.35. The van der Waals surface area contributed by atoms with Crippen LogP contribution in [0.1, 0.15) is 25.7 Å². The molecular formula is C14H19N2O4-. The van der Waals surface area contributed by atoms with Crippen LogP contribution in [0.4, 0.5) is 0 Å². The van der Waals surface area contributed by atoms with Gasteiger partial charge in [0, 0.05) is 36.8 Å². The maximum atomic E-state index is 12.4. The molecule has 2 amide bonds. The molecular weight excluding hydrogens is 260 g/mol. The molecule has 1 aliphatic heterocycles. The van der Waals surface area contributed by atoms with E-state index in [2.05, 4.69) is 0 Å². The van der Waals surface area contributed by atoms with Crippen LogP contribution in [0.2, 0.25) is 0 Å². The van der Waals surface area contributed by atoms with E-state index in [9.17, 15) is 19.5 Å². The maximum absolute atomic E-state index is 12.4. The van der Waals surface area contributed by atoms with Gasteiger partial charge in [0.2, 0.25) is 11.8 Å². The van der Waals surface area contributed by atoms with Gasteiger partial charge in [0.1, 0.15) is 0 Å². The largest absolute Gasteiger partial charge is 0.550 e. The van der Waals surface area contributed by atoms with Crippen LogP contribution >= 0.6 is 0 Å². The van der Waals surface area contributed by atoms with Gasteiger partial charge in [-0.3, -0.25) is 9.59 Å². The Morgan fingerprint density at radius 3 is 2.10 bits per heavy atom. The number of carboxylic acid groups (broad SMARTS) is 1. The summed E-state index contributed by atoms with van der Waals surface area (Å²) in [6.07, 6.45) is 5.52. The molecule has 1 fully saturated rings. The van der Waals surface area contributed by atoms with Crippen LogP contribution in [0.25, 0.3) is 0 Å². The van der Waals surface area contributed by atoms with E-state index < -0.39 is 17.8 Å². The third-order valence-electron chi connectivity index (χ3n) is 4.26. The molecule has 2 atom stereocenters. The summed E-state index contributed by atoms with van der Waals surface area (Å²) in [6.45, 7) is 0.929. The first-order chi connectivity index (χ1) is 9.50. The molecule has 0 saturated carbocycles. The molecule has 20 heavy (non-hydrogen) atoms. The number of rotatable bonds is 3. The van der Waals surface area contributed by atoms with E-state index in [4.69, 9.17) is 5.73 Å². The van der Waals surface area contributed by atoms with Crippen molar-refractivity contribution in [3.63, 3.8) is 0 Å². The van der Waals surface area contributed by atoms with Gasteiger partial charge in [0.05, 0.1) is 0 Å². The van der Waals surface area contributed by atoms with Crippen LogP contribution in [0, 0.1) is 17.8 Å². The van der Waals surface area contributed by atoms with E-state index >= 15 is 0 Å². The molecule has 6 heteroatoms. The second kappa shape index (κ2) is 6.07. The Morgan fingerprint density at radius 2 is 1.60 bits per heavy atom. The quantitative estimate of drug-likeness (QED) is 0.672. The molecule has 0 radical (unpaired) electrons. The molecule has 2 rings (SSSR count). The molecule has 6 nitrogen and oxygen atoms in total. The Balaban J connectivity index is 1.99. The molecule has 2 N–H and O–H groups in total. The van der Waals surface area contributed by atoms with Gasteiger partial charge in [-0.25, -0.2) is 0 Å². The lowest BCUT2D eigenvalue weighted by molar-refractivity contribution is -0.313. The summed E-state index contributed by atoms with van der Waals surface area (Å²) in [5.74, 6) is -3.12. The van der Waals surface area contributed by atoms with Crippen LogP contribution in [-0.4, -0.2) is 35.8 Å². The van der Waals surface area contributed by atoms with Crippen molar-refractivity contribution < 1.29 is 19.5 Å². The molecule has 0 aromatic carbocycles. The zero-order valence-electron chi connectivity index (χ0n) is 11.3. The minimum atomic E-state index is -1.17. The fourth-order valence-electron chi connectivity index (χ4n) is 2.97. The van der Waals surface area contributed by atoms with Gasteiger partial charge in [0.15, 0.2) is 0 Å². The average molecular weight is 279 g/mol. The third kappa shape index (κ3) is 3.00. The van der Waals surface area contributed by atoms with Gasteiger partial charge in [0.25, 0.3) is 0 Å². The van der Waals surface area contributed by atoms with E-state index in [1.165, 1.54) is 0 Å². The Hall–Kier alpha value is -1.85. The zero-order valence-corrected chi connectivity index (χ0v) is 11.3. The number of hydrogen-bond donors (Lipinski definition) is 1. The number of allylic oxidation sites excluding steroid dienone is 2. The normalized spacial score (nSPS) is 27.3. The number of nitrogens with two attached hydrogens (primary N) is 1. The van der Waals surface area contributed by atoms with Crippen LogP contribution in [-0.2, 0) is 14.4 Å². The van der Waals surface area contributed by atoms with Crippen molar-refractivity contribution in [3.05, 3.63) is 12.2 Å². The summed E-state index contributed by atoms with van der Waals surface area (Å²) in [5.41, 5.74) is 5.26. The second-order valence-corrected chi connectivity index (χ2v) is 5.48. The lowest BCUT2D eigenvalue weighted by Gasteiger charge is -2.36. The molecule has 110 valence electrons. The number of carbonyl (C=O) groups excluding carboxylic acids is 3. The predicted molar refractivity (Wildman–Crippen MR) is 68.9 cm³/mol. The summed E-state index contributed by atoms with van der Waals surface area (Å²) in [7, 11) is 0. The van der Waals surface area contributed by atoms with Gasteiger partial charge in [-0.1, -0.05) is 12.2 Å². The van der Waals surface area contributed by atoms with Crippen molar-refractivity contribution in [2.45, 2.75) is 25.7 Å². The third-order valence-corrected chi connectivity index (χ3v) is 4.26. The highest BCUT2D eigenvalue weighted by atomic mass is 16.4. The van der Waals surface area contributed by atoms with Crippen molar-refractivity contribution >= 4 is 17.8 Å². The van der Waals surface area contributed by atoms with Gasteiger partial charge < -0.3 is 20.5 Å². The predicted octanol–water partition coefficient (Wildman–Crippen LogP) is -0.957. The lowest BCUT2D eigenvalue weighted by Crippen LogP contribution is -2.48. The minimum Gasteiger partial charge on any atom is -0.550 e. The number of piperidine rings is 1. The number of hydrogen-bond acceptors (Lipinski definition) is 4. The zero-order chi connectivity index (χ0) is 14.7. The number of nitrogens with zero attached hydrogens (tertiary/aromatic N) is 1. The summed E-state index contributed by atoms with van der Waals surface area (Å²) in [5, 5.41) is 11.1. The van der Waals surface area contributed by atoms with Gasteiger partial charge >= 0.3 is 0 Å². The summed E-state index contributed by atoms with van der Waals surface area (Å²) < 4.78 is 0. The van der Waals surface area contributed by atoms with Crippen molar-refractivity contribution in [1.29, 1.82) is 0 Å². The van der Waals surface area contributed by atoms with E-state index in [-0.39, 0.29) is 17.7 Å². The number of carbonyl (C=O) groups is 3. The van der Waals surface area contributed by atoms with Gasteiger partial charge in [-0.05, 0) is 25.7 Å². The highest BCUT2D eigenvalue weighted by Crippen LogP contribution is 2.28. The van der Waals surface area contributed by atoms with Crippen molar-refractivity contribution in [2.75, 3.05) is 13.1 Å². The molecule has 0 bridgehead atoms. The van der Waals surface area contributed by atoms with Crippen LogP contribution in [0.3, 0.4) is 0 Å². The standard InChI is InChI=1S/C14H20N2O4/c15-12(17)9-5-7-16(8-6-9)13(18)10-3-1-2-4-11(10)14(19)20/h1-2,9-11H,3-8H2,(H2,15,17)(H,19,20)/p-1/t10-,11-/m0/s1. The fourth-order valence-corrected chi connectivity index (χ4v) is 2.97. The number of primary amides is 1. The first kappa shape index (κ1) is 14.6. The topological polar surface area (TPSA) is 104 Å². The molecule has 0 unspecified atom stereocenters. The summed E-state index contributed by atoms with van der Waals surface area (Å²) in [6, 6.07) is 0. The number of amides is 2. The molecule has 1 saturated heterocycles. The first-order valence-corrected chi connectivity index (χ1v) is 6.94. The number of aliphatic carboxylic acids is 1. The van der Waals surface area contributed by atoms with Crippen molar-refractivity contribution in [2.24, 2.45) is 23.5 Å². The number of carboxylic acids is 1. The second-order valence-electron chi connectivity index (χ2n) is 5.48. The highest BCUT2D eigenvalue weighted by molar-refractivity contribution is 5.85. The van der Waals surface area contributed by atoms with Gasteiger partial charge in [-0.15, -0.1) is 0 Å². The molecule has 1 heterocycles. The minimum absolute atomic E-state index is 0.147.